The maximum atomic E-state index is 5.43. The molecule has 8 heteroatoms. The molecule has 0 bridgehead atoms. The molecule has 0 radical (unpaired) electrons. The predicted molar refractivity (Wildman–Crippen MR) is 133 cm³/mol. The van der Waals surface area contributed by atoms with Crippen LogP contribution in [0.15, 0.2) is 35.3 Å². The summed E-state index contributed by atoms with van der Waals surface area (Å²) in [5.74, 6) is 1.36. The number of aryl methyl sites for hydroxylation is 2. The third kappa shape index (κ3) is 6.95. The van der Waals surface area contributed by atoms with Crippen LogP contribution in [-0.4, -0.2) is 67.1 Å². The van der Waals surface area contributed by atoms with E-state index in [4.69, 9.17) is 4.74 Å². The molecular weight excluding hydrogens is 491 g/mol. The van der Waals surface area contributed by atoms with Gasteiger partial charge in [0.05, 0.1) is 24.6 Å². The van der Waals surface area contributed by atoms with Crippen molar-refractivity contribution in [3.05, 3.63) is 47.3 Å². The average Bonchev–Trinajstić information content (AvgIpc) is 3.07. The maximum absolute atomic E-state index is 5.43. The van der Waals surface area contributed by atoms with Gasteiger partial charge in [-0.2, -0.15) is 5.10 Å². The minimum Gasteiger partial charge on any atom is -0.379 e. The summed E-state index contributed by atoms with van der Waals surface area (Å²) in [5, 5.41) is 11.5. The average molecular weight is 526 g/mol. The molecule has 1 fully saturated rings. The van der Waals surface area contributed by atoms with Gasteiger partial charge in [0.25, 0.3) is 0 Å². The molecule has 0 spiro atoms. The van der Waals surface area contributed by atoms with E-state index in [0.29, 0.717) is 12.5 Å². The van der Waals surface area contributed by atoms with Crippen molar-refractivity contribution in [2.45, 2.75) is 27.3 Å². The highest BCUT2D eigenvalue weighted by atomic mass is 127. The highest BCUT2D eigenvalue weighted by Crippen LogP contribution is 2.16. The van der Waals surface area contributed by atoms with E-state index >= 15 is 0 Å². The number of halogens is 1. The highest BCUT2D eigenvalue weighted by molar-refractivity contribution is 14.0. The Bertz CT molecular complexity index is 816. The predicted octanol–water partition coefficient (Wildman–Crippen LogP) is 2.74. The number of guanidine groups is 1. The molecule has 2 N–H and O–H groups in total. The van der Waals surface area contributed by atoms with E-state index in [2.05, 4.69) is 69.8 Å². The third-order valence-electron chi connectivity index (χ3n) is 5.19. The lowest BCUT2D eigenvalue weighted by Crippen LogP contribution is -2.43. The van der Waals surface area contributed by atoms with E-state index in [1.807, 2.05) is 18.7 Å². The maximum Gasteiger partial charge on any atom is 0.191 e. The lowest BCUT2D eigenvalue weighted by molar-refractivity contribution is 0.0320. The molecule has 30 heavy (non-hydrogen) atoms. The summed E-state index contributed by atoms with van der Waals surface area (Å²) in [6.45, 7) is 12.8. The van der Waals surface area contributed by atoms with E-state index in [0.717, 1.165) is 62.4 Å². The van der Waals surface area contributed by atoms with Crippen molar-refractivity contribution in [2.75, 3.05) is 46.4 Å². The fourth-order valence-corrected chi connectivity index (χ4v) is 3.70. The number of hydrogen-bond acceptors (Lipinski definition) is 4. The van der Waals surface area contributed by atoms with Crippen molar-refractivity contribution in [2.24, 2.45) is 10.9 Å². The van der Waals surface area contributed by atoms with Crippen LogP contribution in [0.1, 0.15) is 23.9 Å². The number of para-hydroxylation sites is 1. The van der Waals surface area contributed by atoms with Crippen molar-refractivity contribution in [3.8, 4) is 5.69 Å². The van der Waals surface area contributed by atoms with Crippen LogP contribution in [0.2, 0.25) is 0 Å². The van der Waals surface area contributed by atoms with E-state index in [1.54, 1.807) is 0 Å². The van der Waals surface area contributed by atoms with Crippen LogP contribution in [-0.2, 0) is 11.3 Å². The van der Waals surface area contributed by atoms with Crippen LogP contribution in [0.4, 0.5) is 0 Å². The van der Waals surface area contributed by atoms with Crippen LogP contribution in [0.3, 0.4) is 0 Å². The van der Waals surface area contributed by atoms with Crippen molar-refractivity contribution in [1.29, 1.82) is 0 Å². The number of nitrogens with one attached hydrogen (secondary N) is 2. The second-order valence-electron chi connectivity index (χ2n) is 7.79. The largest absolute Gasteiger partial charge is 0.379 e. The fourth-order valence-electron chi connectivity index (χ4n) is 3.70. The summed E-state index contributed by atoms with van der Waals surface area (Å²) in [6, 6.07) is 10.5. The number of aromatic nitrogens is 2. The summed E-state index contributed by atoms with van der Waals surface area (Å²) in [4.78, 5) is 6.85. The summed E-state index contributed by atoms with van der Waals surface area (Å²) in [6.07, 6.45) is 0. The number of aliphatic imine (C=N–C) groups is 1. The van der Waals surface area contributed by atoms with Gasteiger partial charge in [-0.15, -0.1) is 24.0 Å². The summed E-state index contributed by atoms with van der Waals surface area (Å²) in [7, 11) is 1.81. The van der Waals surface area contributed by atoms with E-state index in [-0.39, 0.29) is 24.0 Å². The van der Waals surface area contributed by atoms with E-state index in [9.17, 15) is 0 Å². The minimum absolute atomic E-state index is 0. The molecule has 1 aromatic carbocycles. The van der Waals surface area contributed by atoms with Crippen LogP contribution >= 0.6 is 24.0 Å². The number of morpholine rings is 1. The zero-order chi connectivity index (χ0) is 20.6. The first kappa shape index (κ1) is 24.6. The molecule has 0 aliphatic carbocycles. The monoisotopic (exact) mass is 526 g/mol. The Morgan fingerprint density at radius 1 is 1.20 bits per heavy atom. The van der Waals surface area contributed by atoms with Gasteiger partial charge in [0, 0.05) is 45.5 Å². The molecule has 0 saturated carbocycles. The summed E-state index contributed by atoms with van der Waals surface area (Å²) >= 11 is 0. The normalized spacial score (nSPS) is 16.1. The van der Waals surface area contributed by atoms with Crippen LogP contribution < -0.4 is 10.6 Å². The summed E-state index contributed by atoms with van der Waals surface area (Å²) in [5.41, 5.74) is 4.44. The van der Waals surface area contributed by atoms with Crippen LogP contribution in [0.25, 0.3) is 5.69 Å². The van der Waals surface area contributed by atoms with Gasteiger partial charge >= 0.3 is 0 Å². The molecule has 2 heterocycles. The van der Waals surface area contributed by atoms with Gasteiger partial charge in [0.2, 0.25) is 0 Å². The van der Waals surface area contributed by atoms with Gasteiger partial charge in [0.1, 0.15) is 0 Å². The molecule has 1 atom stereocenters. The number of hydrogen-bond donors (Lipinski definition) is 2. The molecule has 0 amide bonds. The number of ether oxygens (including phenoxy) is 1. The SMILES string of the molecule is CN=C(NCc1ccccc1-n1nc(C)cc1C)NCC(C)CN1CCOCC1.I. The Morgan fingerprint density at radius 2 is 1.93 bits per heavy atom. The first-order chi connectivity index (χ1) is 14.1. The minimum atomic E-state index is 0. The molecule has 1 aliphatic rings. The standard InChI is InChI=1S/C22H34N6O.HI/c1-17(16-27-9-11-29-12-10-27)14-24-22(23-4)25-15-20-7-5-6-8-21(20)28-19(3)13-18(2)26-28;/h5-8,13,17H,9-12,14-16H2,1-4H3,(H2,23,24,25);1H. The Balaban J connectivity index is 0.00000320. The Kier molecular flexibility index (Phi) is 10.1. The molecule has 1 aromatic heterocycles. The van der Waals surface area contributed by atoms with Crippen molar-refractivity contribution in [1.82, 2.24) is 25.3 Å². The quantitative estimate of drug-likeness (QED) is 0.330. The third-order valence-corrected chi connectivity index (χ3v) is 5.19. The topological polar surface area (TPSA) is 66.7 Å². The molecule has 3 rings (SSSR count). The lowest BCUT2D eigenvalue weighted by atomic mass is 10.1. The zero-order valence-electron chi connectivity index (χ0n) is 18.5. The van der Waals surface area contributed by atoms with Gasteiger partial charge in [-0.1, -0.05) is 25.1 Å². The van der Waals surface area contributed by atoms with Crippen LogP contribution in [0, 0.1) is 19.8 Å². The van der Waals surface area contributed by atoms with Gasteiger partial charge in [-0.05, 0) is 37.5 Å². The Labute approximate surface area is 197 Å². The van der Waals surface area contributed by atoms with Gasteiger partial charge in [0.15, 0.2) is 5.96 Å². The van der Waals surface area contributed by atoms with E-state index < -0.39 is 0 Å². The second-order valence-corrected chi connectivity index (χ2v) is 7.79. The van der Waals surface area contributed by atoms with E-state index in [1.165, 1.54) is 5.56 Å². The Morgan fingerprint density at radius 3 is 2.60 bits per heavy atom. The Hall–Kier alpha value is -1.65. The first-order valence-electron chi connectivity index (χ1n) is 10.4. The molecule has 166 valence electrons. The van der Waals surface area contributed by atoms with Crippen LogP contribution in [0.5, 0.6) is 0 Å². The molecule has 1 saturated heterocycles. The molecule has 7 nitrogen and oxygen atoms in total. The first-order valence-corrected chi connectivity index (χ1v) is 10.4. The van der Waals surface area contributed by atoms with Gasteiger partial charge in [-0.3, -0.25) is 9.89 Å². The number of nitrogens with zero attached hydrogens (tertiary/aromatic N) is 4. The smallest absolute Gasteiger partial charge is 0.191 e. The number of rotatable bonds is 7. The zero-order valence-corrected chi connectivity index (χ0v) is 20.8. The summed E-state index contributed by atoms with van der Waals surface area (Å²) < 4.78 is 7.44. The molecule has 2 aromatic rings. The highest BCUT2D eigenvalue weighted by Gasteiger charge is 2.14. The lowest BCUT2D eigenvalue weighted by Gasteiger charge is -2.29. The van der Waals surface area contributed by atoms with Gasteiger partial charge in [-0.25, -0.2) is 4.68 Å². The molecule has 1 unspecified atom stereocenters. The molecular formula is C22H35IN6O. The molecule has 1 aliphatic heterocycles. The second kappa shape index (κ2) is 12.3. The van der Waals surface area contributed by atoms with Crippen molar-refractivity contribution >= 4 is 29.9 Å². The fraction of sp³-hybridized carbons (Fsp3) is 0.545. The van der Waals surface area contributed by atoms with Crippen molar-refractivity contribution < 1.29 is 4.74 Å². The number of benzene rings is 1. The van der Waals surface area contributed by atoms with Gasteiger partial charge < -0.3 is 15.4 Å². The van der Waals surface area contributed by atoms with Crippen molar-refractivity contribution in [3.63, 3.8) is 0 Å².